The number of aryl methyl sites for hydroxylation is 1. The second kappa shape index (κ2) is 11.0. The van der Waals surface area contributed by atoms with Gasteiger partial charge >= 0.3 is 6.03 Å². The number of nitrogens with one attached hydrogen (secondary N) is 1. The zero-order valence-corrected chi connectivity index (χ0v) is 19.0. The van der Waals surface area contributed by atoms with Crippen LogP contribution in [-0.4, -0.2) is 59.2 Å². The molecule has 1 aromatic heterocycles. The molecule has 0 aliphatic rings. The van der Waals surface area contributed by atoms with E-state index in [0.717, 1.165) is 10.2 Å². The summed E-state index contributed by atoms with van der Waals surface area (Å²) < 4.78 is 8.01. The average Bonchev–Trinajstić information content (AvgIpc) is 3.07. The molecule has 0 fully saturated rings. The standard InChI is InChI=1S/C21H29BrN4O3/c1-16(2)26(21(28)23-18-8-5-7-17(22)13-18)15-20(27)25(11-12-29-4)14-19-9-6-10-24(19)3/h5-10,13,16H,11-12,14-15H2,1-4H3,(H,23,28). The van der Waals surface area contributed by atoms with Crippen LogP contribution in [0.5, 0.6) is 0 Å². The van der Waals surface area contributed by atoms with Gasteiger partial charge < -0.3 is 24.4 Å². The number of rotatable bonds is 9. The Morgan fingerprint density at radius 1 is 1.24 bits per heavy atom. The van der Waals surface area contributed by atoms with Crippen molar-refractivity contribution < 1.29 is 14.3 Å². The number of benzene rings is 1. The molecule has 3 amide bonds. The predicted molar refractivity (Wildman–Crippen MR) is 118 cm³/mol. The van der Waals surface area contributed by atoms with Crippen LogP contribution < -0.4 is 5.32 Å². The van der Waals surface area contributed by atoms with Crippen molar-refractivity contribution in [3.05, 3.63) is 52.8 Å². The largest absolute Gasteiger partial charge is 0.383 e. The molecule has 0 aliphatic carbocycles. The van der Waals surface area contributed by atoms with E-state index in [2.05, 4.69) is 21.2 Å². The number of hydrogen-bond donors (Lipinski definition) is 1. The van der Waals surface area contributed by atoms with Gasteiger partial charge in [0.05, 0.1) is 13.2 Å². The van der Waals surface area contributed by atoms with E-state index >= 15 is 0 Å². The minimum Gasteiger partial charge on any atom is -0.383 e. The van der Waals surface area contributed by atoms with E-state index in [0.29, 0.717) is 25.4 Å². The van der Waals surface area contributed by atoms with Gasteiger partial charge in [-0.05, 0) is 44.2 Å². The van der Waals surface area contributed by atoms with Gasteiger partial charge in [-0.25, -0.2) is 4.79 Å². The fourth-order valence-electron chi connectivity index (χ4n) is 2.85. The van der Waals surface area contributed by atoms with Crippen LogP contribution in [0.2, 0.25) is 0 Å². The van der Waals surface area contributed by atoms with Gasteiger partial charge in [-0.1, -0.05) is 22.0 Å². The number of anilines is 1. The molecule has 0 aliphatic heterocycles. The molecular weight excluding hydrogens is 436 g/mol. The number of halogens is 1. The Labute approximate surface area is 180 Å². The molecule has 0 saturated heterocycles. The normalized spacial score (nSPS) is 10.8. The Hall–Kier alpha value is -2.32. The molecule has 0 spiro atoms. The van der Waals surface area contributed by atoms with Crippen molar-refractivity contribution in [2.45, 2.75) is 26.4 Å². The number of carbonyl (C=O) groups excluding carboxylic acids is 2. The Morgan fingerprint density at radius 2 is 2.00 bits per heavy atom. The smallest absolute Gasteiger partial charge is 0.322 e. The molecule has 2 aromatic rings. The third-order valence-electron chi connectivity index (χ3n) is 4.59. The fourth-order valence-corrected chi connectivity index (χ4v) is 3.25. The van der Waals surface area contributed by atoms with Gasteiger partial charge in [0, 0.05) is 48.8 Å². The summed E-state index contributed by atoms with van der Waals surface area (Å²) in [5, 5.41) is 2.86. The monoisotopic (exact) mass is 464 g/mol. The van der Waals surface area contributed by atoms with Crippen LogP contribution in [0.15, 0.2) is 47.1 Å². The van der Waals surface area contributed by atoms with Crippen LogP contribution in [0.25, 0.3) is 0 Å². The minimum absolute atomic E-state index is 0.00829. The van der Waals surface area contributed by atoms with E-state index in [1.165, 1.54) is 4.90 Å². The van der Waals surface area contributed by atoms with Crippen molar-refractivity contribution in [2.24, 2.45) is 7.05 Å². The molecule has 1 N–H and O–H groups in total. The van der Waals surface area contributed by atoms with Crippen molar-refractivity contribution in [1.82, 2.24) is 14.4 Å². The maximum atomic E-state index is 13.0. The lowest BCUT2D eigenvalue weighted by Gasteiger charge is -2.30. The first-order chi connectivity index (χ1) is 13.8. The number of ether oxygens (including phenoxy) is 1. The Morgan fingerprint density at radius 3 is 2.59 bits per heavy atom. The maximum absolute atomic E-state index is 13.0. The summed E-state index contributed by atoms with van der Waals surface area (Å²) in [6.07, 6.45) is 1.94. The highest BCUT2D eigenvalue weighted by atomic mass is 79.9. The van der Waals surface area contributed by atoms with Gasteiger partial charge in [-0.2, -0.15) is 0 Å². The summed E-state index contributed by atoms with van der Waals surface area (Å²) in [4.78, 5) is 29.1. The second-order valence-electron chi connectivity index (χ2n) is 7.08. The lowest BCUT2D eigenvalue weighted by atomic mass is 10.3. The summed E-state index contributed by atoms with van der Waals surface area (Å²) in [6, 6.07) is 10.8. The SMILES string of the molecule is COCCN(Cc1cccn1C)C(=O)CN(C(=O)Nc1cccc(Br)c1)C(C)C. The molecule has 1 heterocycles. The molecule has 0 saturated carbocycles. The van der Waals surface area contributed by atoms with Gasteiger partial charge in [0.25, 0.3) is 0 Å². The molecule has 0 radical (unpaired) electrons. The maximum Gasteiger partial charge on any atom is 0.322 e. The minimum atomic E-state index is -0.308. The van der Waals surface area contributed by atoms with E-state index < -0.39 is 0 Å². The second-order valence-corrected chi connectivity index (χ2v) is 8.00. The van der Waals surface area contributed by atoms with Crippen LogP contribution in [0.3, 0.4) is 0 Å². The van der Waals surface area contributed by atoms with Gasteiger partial charge in [0.15, 0.2) is 0 Å². The van der Waals surface area contributed by atoms with E-state index in [1.54, 1.807) is 12.0 Å². The number of methoxy groups -OCH3 is 1. The van der Waals surface area contributed by atoms with Crippen molar-refractivity contribution in [1.29, 1.82) is 0 Å². The molecule has 1 aromatic carbocycles. The first-order valence-electron chi connectivity index (χ1n) is 9.52. The third kappa shape index (κ3) is 6.90. The molecule has 2 rings (SSSR count). The van der Waals surface area contributed by atoms with Gasteiger partial charge in [0.1, 0.15) is 6.54 Å². The molecule has 7 nitrogen and oxygen atoms in total. The highest BCUT2D eigenvalue weighted by Crippen LogP contribution is 2.17. The molecular formula is C21H29BrN4O3. The summed E-state index contributed by atoms with van der Waals surface area (Å²) in [6.45, 7) is 5.13. The van der Waals surface area contributed by atoms with Crippen molar-refractivity contribution in [2.75, 3.05) is 32.1 Å². The highest BCUT2D eigenvalue weighted by molar-refractivity contribution is 9.10. The van der Waals surface area contributed by atoms with Crippen LogP contribution in [-0.2, 0) is 23.1 Å². The first-order valence-corrected chi connectivity index (χ1v) is 10.3. The molecule has 158 valence electrons. The number of nitrogens with zero attached hydrogens (tertiary/aromatic N) is 3. The van der Waals surface area contributed by atoms with Crippen LogP contribution >= 0.6 is 15.9 Å². The van der Waals surface area contributed by atoms with Crippen LogP contribution in [0.4, 0.5) is 10.5 Å². The van der Waals surface area contributed by atoms with E-state index in [-0.39, 0.29) is 24.5 Å². The lowest BCUT2D eigenvalue weighted by molar-refractivity contribution is -0.133. The third-order valence-corrected chi connectivity index (χ3v) is 5.08. The molecule has 0 bridgehead atoms. The number of aromatic nitrogens is 1. The molecule has 0 atom stereocenters. The van der Waals surface area contributed by atoms with Crippen molar-refractivity contribution in [3.8, 4) is 0 Å². The summed E-state index contributed by atoms with van der Waals surface area (Å²) in [5.41, 5.74) is 1.69. The first kappa shape index (κ1) is 23.0. The molecule has 8 heteroatoms. The Kier molecular flexibility index (Phi) is 8.72. The molecule has 29 heavy (non-hydrogen) atoms. The zero-order valence-electron chi connectivity index (χ0n) is 17.4. The Bertz CT molecular complexity index is 822. The number of carbonyl (C=O) groups is 2. The fraction of sp³-hybridized carbons (Fsp3) is 0.429. The highest BCUT2D eigenvalue weighted by Gasteiger charge is 2.24. The van der Waals surface area contributed by atoms with Crippen LogP contribution in [0, 0.1) is 0 Å². The van der Waals surface area contributed by atoms with Crippen molar-refractivity contribution in [3.63, 3.8) is 0 Å². The quantitative estimate of drug-likeness (QED) is 0.614. The van der Waals surface area contributed by atoms with Gasteiger partial charge in [-0.15, -0.1) is 0 Å². The summed E-state index contributed by atoms with van der Waals surface area (Å²) in [5.74, 6) is -0.124. The van der Waals surface area contributed by atoms with E-state index in [1.807, 2.05) is 68.1 Å². The van der Waals surface area contributed by atoms with E-state index in [4.69, 9.17) is 4.74 Å². The van der Waals surface area contributed by atoms with Crippen molar-refractivity contribution >= 4 is 33.6 Å². The number of hydrogen-bond acceptors (Lipinski definition) is 3. The molecule has 0 unspecified atom stereocenters. The lowest BCUT2D eigenvalue weighted by Crippen LogP contribution is -2.48. The predicted octanol–water partition coefficient (Wildman–Crippen LogP) is 3.71. The zero-order chi connectivity index (χ0) is 21.4. The topological polar surface area (TPSA) is 66.8 Å². The number of urea groups is 1. The van der Waals surface area contributed by atoms with Gasteiger partial charge in [0.2, 0.25) is 5.91 Å². The van der Waals surface area contributed by atoms with Gasteiger partial charge in [-0.3, -0.25) is 4.79 Å². The Balaban J connectivity index is 2.09. The summed E-state index contributed by atoms with van der Waals surface area (Å²) >= 11 is 3.40. The van der Waals surface area contributed by atoms with E-state index in [9.17, 15) is 9.59 Å². The van der Waals surface area contributed by atoms with Crippen LogP contribution in [0.1, 0.15) is 19.5 Å². The number of amides is 3. The summed E-state index contributed by atoms with van der Waals surface area (Å²) in [7, 11) is 3.55. The average molecular weight is 465 g/mol.